The number of nitrogens with two attached hydrogens (primary N) is 1. The van der Waals surface area contributed by atoms with Crippen LogP contribution >= 0.6 is 0 Å². The van der Waals surface area contributed by atoms with Crippen molar-refractivity contribution in [3.05, 3.63) is 59.7 Å². The van der Waals surface area contributed by atoms with Gasteiger partial charge < -0.3 is 10.8 Å². The fraction of sp³-hybridized carbons (Fsp3) is 0.294. The van der Waals surface area contributed by atoms with Crippen LogP contribution in [0.4, 0.5) is 0 Å². The van der Waals surface area contributed by atoms with Crippen LogP contribution in [0.5, 0.6) is 0 Å². The maximum absolute atomic E-state index is 9.55. The zero-order valence-electron chi connectivity index (χ0n) is 12.3. The highest BCUT2D eigenvalue weighted by atomic mass is 28.3. The highest BCUT2D eigenvalue weighted by molar-refractivity contribution is 7.00. The minimum atomic E-state index is -1.76. The average Bonchev–Trinajstić information content (AvgIpc) is 2.48. The van der Waals surface area contributed by atoms with Gasteiger partial charge in [-0.15, -0.1) is 0 Å². The molecule has 0 aliphatic heterocycles. The van der Waals surface area contributed by atoms with E-state index in [2.05, 4.69) is 49.5 Å². The lowest BCUT2D eigenvalue weighted by molar-refractivity contribution is 0.283. The van der Waals surface area contributed by atoms with Gasteiger partial charge >= 0.3 is 0 Å². The predicted octanol–water partition coefficient (Wildman–Crippen LogP) is 1.50. The Kier molecular flexibility index (Phi) is 4.76. The molecule has 0 amide bonds. The number of aliphatic hydroxyl groups excluding tert-OH is 1. The molecule has 0 atom stereocenters. The lowest BCUT2D eigenvalue weighted by Gasteiger charge is -2.26. The van der Waals surface area contributed by atoms with Crippen LogP contribution in [0.15, 0.2) is 48.5 Å². The van der Waals surface area contributed by atoms with Gasteiger partial charge in [0, 0.05) is 0 Å². The Hall–Kier alpha value is -1.42. The predicted molar refractivity (Wildman–Crippen MR) is 88.3 cm³/mol. The standard InChI is InChI=1S/C17H23NOSi/c1-20(2,17-6-4-3-5-15(17)13-19)16-9-7-14(8-10-16)11-12-18/h3-10,19H,11-13,18H2,1-2H3. The minimum absolute atomic E-state index is 0.109. The van der Waals surface area contributed by atoms with Crippen molar-refractivity contribution in [2.45, 2.75) is 26.1 Å². The number of aliphatic hydroxyl groups is 1. The molecule has 106 valence electrons. The summed E-state index contributed by atoms with van der Waals surface area (Å²) in [6, 6.07) is 17.0. The molecule has 2 rings (SSSR count). The summed E-state index contributed by atoms with van der Waals surface area (Å²) in [6.45, 7) is 5.46. The molecule has 2 aromatic rings. The summed E-state index contributed by atoms with van der Waals surface area (Å²) in [6.07, 6.45) is 0.926. The molecule has 0 unspecified atom stereocenters. The van der Waals surface area contributed by atoms with E-state index < -0.39 is 8.07 Å². The Morgan fingerprint density at radius 2 is 1.65 bits per heavy atom. The van der Waals surface area contributed by atoms with Gasteiger partial charge in [0.2, 0.25) is 0 Å². The van der Waals surface area contributed by atoms with Gasteiger partial charge in [0.25, 0.3) is 0 Å². The smallest absolute Gasteiger partial charge is 0.112 e. The van der Waals surface area contributed by atoms with E-state index in [0.717, 1.165) is 12.0 Å². The van der Waals surface area contributed by atoms with Crippen LogP contribution in [0.3, 0.4) is 0 Å². The van der Waals surface area contributed by atoms with Crippen molar-refractivity contribution in [3.63, 3.8) is 0 Å². The summed E-state index contributed by atoms with van der Waals surface area (Å²) >= 11 is 0. The van der Waals surface area contributed by atoms with Crippen molar-refractivity contribution < 1.29 is 5.11 Å². The third-order valence-corrected chi connectivity index (χ3v) is 7.58. The highest BCUT2D eigenvalue weighted by Crippen LogP contribution is 2.10. The summed E-state index contributed by atoms with van der Waals surface area (Å²) in [5, 5.41) is 12.3. The summed E-state index contributed by atoms with van der Waals surface area (Å²) in [5.41, 5.74) is 7.93. The first-order chi connectivity index (χ1) is 9.59. The van der Waals surface area contributed by atoms with Gasteiger partial charge in [-0.25, -0.2) is 0 Å². The molecule has 0 bridgehead atoms. The topological polar surface area (TPSA) is 46.2 Å². The maximum Gasteiger partial charge on any atom is 0.112 e. The molecule has 20 heavy (non-hydrogen) atoms. The van der Waals surface area contributed by atoms with E-state index in [1.165, 1.54) is 15.9 Å². The van der Waals surface area contributed by atoms with Crippen LogP contribution in [0, 0.1) is 0 Å². The van der Waals surface area contributed by atoms with Crippen LogP contribution in [-0.4, -0.2) is 19.7 Å². The molecule has 0 saturated heterocycles. The zero-order chi connectivity index (χ0) is 14.6. The number of rotatable bonds is 5. The van der Waals surface area contributed by atoms with E-state index in [1.807, 2.05) is 12.1 Å². The Morgan fingerprint density at radius 1 is 1.00 bits per heavy atom. The zero-order valence-corrected chi connectivity index (χ0v) is 13.3. The van der Waals surface area contributed by atoms with Gasteiger partial charge in [-0.2, -0.15) is 0 Å². The molecular formula is C17H23NOSi. The Morgan fingerprint density at radius 3 is 2.25 bits per heavy atom. The molecular weight excluding hydrogens is 262 g/mol. The Bertz CT molecular complexity index is 563. The van der Waals surface area contributed by atoms with E-state index in [-0.39, 0.29) is 6.61 Å². The second-order valence-electron chi connectivity index (χ2n) is 5.68. The first kappa shape index (κ1) is 15.0. The van der Waals surface area contributed by atoms with Crippen molar-refractivity contribution in [2.24, 2.45) is 5.73 Å². The van der Waals surface area contributed by atoms with E-state index in [9.17, 15) is 5.11 Å². The molecule has 0 radical (unpaired) electrons. The van der Waals surface area contributed by atoms with Crippen molar-refractivity contribution in [2.75, 3.05) is 6.54 Å². The molecule has 0 aromatic heterocycles. The van der Waals surface area contributed by atoms with Crippen LogP contribution < -0.4 is 16.1 Å². The van der Waals surface area contributed by atoms with Crippen LogP contribution in [-0.2, 0) is 13.0 Å². The minimum Gasteiger partial charge on any atom is -0.392 e. The molecule has 0 saturated carbocycles. The largest absolute Gasteiger partial charge is 0.392 e. The molecule has 0 aliphatic rings. The second kappa shape index (κ2) is 6.35. The van der Waals surface area contributed by atoms with Gasteiger partial charge in [0.15, 0.2) is 0 Å². The first-order valence-electron chi connectivity index (χ1n) is 7.08. The van der Waals surface area contributed by atoms with Crippen molar-refractivity contribution >= 4 is 18.4 Å². The monoisotopic (exact) mass is 285 g/mol. The number of hydrogen-bond donors (Lipinski definition) is 2. The van der Waals surface area contributed by atoms with Crippen LogP contribution in [0.2, 0.25) is 13.1 Å². The maximum atomic E-state index is 9.55. The summed E-state index contributed by atoms with van der Waals surface area (Å²) in [5.74, 6) is 0. The molecule has 0 spiro atoms. The van der Waals surface area contributed by atoms with Gasteiger partial charge in [-0.1, -0.05) is 66.8 Å². The molecule has 3 heteroatoms. The van der Waals surface area contributed by atoms with Crippen molar-refractivity contribution in [1.82, 2.24) is 0 Å². The highest BCUT2D eigenvalue weighted by Gasteiger charge is 2.27. The summed E-state index contributed by atoms with van der Waals surface area (Å²) in [7, 11) is -1.76. The SMILES string of the molecule is C[Si](C)(c1ccc(CCN)cc1)c1ccccc1CO. The van der Waals surface area contributed by atoms with Gasteiger partial charge in [0.1, 0.15) is 8.07 Å². The molecule has 2 nitrogen and oxygen atoms in total. The molecule has 0 aliphatic carbocycles. The van der Waals surface area contributed by atoms with Gasteiger partial charge in [0.05, 0.1) is 6.61 Å². The molecule has 0 heterocycles. The van der Waals surface area contributed by atoms with Gasteiger partial charge in [-0.3, -0.25) is 0 Å². The van der Waals surface area contributed by atoms with Gasteiger partial charge in [-0.05, 0) is 29.3 Å². The lowest BCUT2D eigenvalue weighted by atomic mass is 10.2. The number of benzene rings is 2. The van der Waals surface area contributed by atoms with E-state index in [0.29, 0.717) is 6.54 Å². The van der Waals surface area contributed by atoms with Crippen molar-refractivity contribution in [1.29, 1.82) is 0 Å². The molecule has 0 fully saturated rings. The fourth-order valence-corrected chi connectivity index (χ4v) is 5.47. The first-order valence-corrected chi connectivity index (χ1v) is 10.1. The van der Waals surface area contributed by atoms with E-state index in [4.69, 9.17) is 5.73 Å². The van der Waals surface area contributed by atoms with Crippen LogP contribution in [0.1, 0.15) is 11.1 Å². The molecule has 2 aromatic carbocycles. The van der Waals surface area contributed by atoms with E-state index in [1.54, 1.807) is 0 Å². The Balaban J connectivity index is 2.38. The fourth-order valence-electron chi connectivity index (χ4n) is 2.68. The lowest BCUT2D eigenvalue weighted by Crippen LogP contribution is -2.54. The number of hydrogen-bond acceptors (Lipinski definition) is 2. The average molecular weight is 285 g/mol. The van der Waals surface area contributed by atoms with Crippen molar-refractivity contribution in [3.8, 4) is 0 Å². The third kappa shape index (κ3) is 3.01. The second-order valence-corrected chi connectivity index (χ2v) is 10.0. The van der Waals surface area contributed by atoms with E-state index >= 15 is 0 Å². The summed E-state index contributed by atoms with van der Waals surface area (Å²) in [4.78, 5) is 0. The molecule has 3 N–H and O–H groups in total. The quantitative estimate of drug-likeness (QED) is 0.818. The third-order valence-electron chi connectivity index (χ3n) is 3.97. The summed E-state index contributed by atoms with van der Waals surface area (Å²) < 4.78 is 0. The normalized spacial score (nSPS) is 11.6. The van der Waals surface area contributed by atoms with Crippen LogP contribution in [0.25, 0.3) is 0 Å². The Labute approximate surface area is 122 Å².